The van der Waals surface area contributed by atoms with Gasteiger partial charge in [-0.25, -0.2) is 8.42 Å². The number of carbonyl (C=O) groups is 1. The lowest BCUT2D eigenvalue weighted by Gasteiger charge is -2.30. The van der Waals surface area contributed by atoms with Gasteiger partial charge in [0.25, 0.3) is 0 Å². The third-order valence-corrected chi connectivity index (χ3v) is 5.47. The molecule has 0 spiro atoms. The predicted octanol–water partition coefficient (Wildman–Crippen LogP) is 1.49. The number of methoxy groups -OCH3 is 3. The number of hydrogen-bond donors (Lipinski definition) is 0. The molecule has 1 aliphatic rings. The Kier molecular flexibility index (Phi) is 6.57. The highest BCUT2D eigenvalue weighted by Gasteiger charge is 2.27. The van der Waals surface area contributed by atoms with Gasteiger partial charge in [-0.15, -0.1) is 0 Å². The van der Waals surface area contributed by atoms with Crippen LogP contribution >= 0.6 is 0 Å². The molecule has 0 aliphatic carbocycles. The Labute approximate surface area is 154 Å². The summed E-state index contributed by atoms with van der Waals surface area (Å²) in [7, 11) is 0.678. The number of nitrogens with zero attached hydrogens (tertiary/aromatic N) is 2. The SMILES string of the molecule is COc1cc(N(CC(=O)N2CCCCC2)S(C)(=O)=O)cc(OC)c1OC. The number of benzene rings is 1. The van der Waals surface area contributed by atoms with Crippen molar-refractivity contribution in [1.29, 1.82) is 0 Å². The van der Waals surface area contributed by atoms with E-state index in [9.17, 15) is 13.2 Å². The van der Waals surface area contributed by atoms with Gasteiger partial charge in [0.15, 0.2) is 11.5 Å². The van der Waals surface area contributed by atoms with E-state index >= 15 is 0 Å². The lowest BCUT2D eigenvalue weighted by Crippen LogP contribution is -2.44. The van der Waals surface area contributed by atoms with E-state index in [1.54, 1.807) is 4.90 Å². The van der Waals surface area contributed by atoms with Crippen LogP contribution in [0.1, 0.15) is 19.3 Å². The van der Waals surface area contributed by atoms with Crippen LogP contribution in [0.2, 0.25) is 0 Å². The molecular formula is C17H26N2O6S. The number of likely N-dealkylation sites (tertiary alicyclic amines) is 1. The van der Waals surface area contributed by atoms with E-state index in [1.807, 2.05) is 0 Å². The van der Waals surface area contributed by atoms with Crippen molar-refractivity contribution < 1.29 is 27.4 Å². The molecule has 1 amide bonds. The van der Waals surface area contributed by atoms with Gasteiger partial charge in [0.2, 0.25) is 21.7 Å². The third kappa shape index (κ3) is 4.51. The van der Waals surface area contributed by atoms with Crippen LogP contribution in [-0.2, 0) is 14.8 Å². The maximum Gasteiger partial charge on any atom is 0.243 e. The molecule has 0 unspecified atom stereocenters. The van der Waals surface area contributed by atoms with E-state index in [4.69, 9.17) is 14.2 Å². The van der Waals surface area contributed by atoms with E-state index in [0.717, 1.165) is 29.8 Å². The molecule has 0 bridgehead atoms. The van der Waals surface area contributed by atoms with Crippen LogP contribution in [0.4, 0.5) is 5.69 Å². The lowest BCUT2D eigenvalue weighted by atomic mass is 10.1. The first kappa shape index (κ1) is 20.2. The van der Waals surface area contributed by atoms with Crippen LogP contribution in [0.5, 0.6) is 17.2 Å². The quantitative estimate of drug-likeness (QED) is 0.706. The summed E-state index contributed by atoms with van der Waals surface area (Å²) in [4.78, 5) is 14.3. The van der Waals surface area contributed by atoms with Gasteiger partial charge < -0.3 is 19.1 Å². The van der Waals surface area contributed by atoms with Crippen molar-refractivity contribution >= 4 is 21.6 Å². The second-order valence-electron chi connectivity index (χ2n) is 6.09. The van der Waals surface area contributed by atoms with Crippen LogP contribution in [0.3, 0.4) is 0 Å². The Morgan fingerprint density at radius 3 is 2.00 bits per heavy atom. The summed E-state index contributed by atoms with van der Waals surface area (Å²) < 4.78 is 41.6. The molecule has 1 saturated heterocycles. The summed E-state index contributed by atoms with van der Waals surface area (Å²) in [6.07, 6.45) is 4.04. The molecule has 26 heavy (non-hydrogen) atoms. The molecule has 1 aromatic carbocycles. The average Bonchev–Trinajstić information content (AvgIpc) is 2.64. The summed E-state index contributed by atoms with van der Waals surface area (Å²) in [5.41, 5.74) is 0.285. The summed E-state index contributed by atoms with van der Waals surface area (Å²) in [6, 6.07) is 3.04. The van der Waals surface area contributed by atoms with Gasteiger partial charge in [0.05, 0.1) is 33.3 Å². The monoisotopic (exact) mass is 386 g/mol. The second kappa shape index (κ2) is 8.48. The molecular weight excluding hydrogens is 360 g/mol. The highest BCUT2D eigenvalue weighted by atomic mass is 32.2. The van der Waals surface area contributed by atoms with Gasteiger partial charge in [0.1, 0.15) is 6.54 Å². The number of anilines is 1. The average molecular weight is 386 g/mol. The minimum Gasteiger partial charge on any atom is -0.493 e. The zero-order valence-corrected chi connectivity index (χ0v) is 16.5. The van der Waals surface area contributed by atoms with Gasteiger partial charge in [0, 0.05) is 25.2 Å². The fraction of sp³-hybridized carbons (Fsp3) is 0.588. The molecule has 0 N–H and O–H groups in total. The molecule has 1 fully saturated rings. The van der Waals surface area contributed by atoms with Gasteiger partial charge in [-0.3, -0.25) is 9.10 Å². The Morgan fingerprint density at radius 2 is 1.58 bits per heavy atom. The van der Waals surface area contributed by atoms with Crippen LogP contribution in [-0.4, -0.2) is 66.4 Å². The Hall–Kier alpha value is -2.16. The topological polar surface area (TPSA) is 85.4 Å². The molecule has 0 aromatic heterocycles. The molecule has 0 saturated carbocycles. The molecule has 8 nitrogen and oxygen atoms in total. The number of ether oxygens (including phenoxy) is 3. The summed E-state index contributed by atoms with van der Waals surface area (Å²) in [5, 5.41) is 0. The molecule has 0 atom stereocenters. The Balaban J connectivity index is 2.39. The highest BCUT2D eigenvalue weighted by Crippen LogP contribution is 2.41. The molecule has 1 heterocycles. The van der Waals surface area contributed by atoms with Crippen molar-refractivity contribution in [2.45, 2.75) is 19.3 Å². The van der Waals surface area contributed by atoms with Crippen LogP contribution in [0, 0.1) is 0 Å². The van der Waals surface area contributed by atoms with Crippen molar-refractivity contribution in [1.82, 2.24) is 4.90 Å². The van der Waals surface area contributed by atoms with Gasteiger partial charge in [-0.2, -0.15) is 0 Å². The second-order valence-corrected chi connectivity index (χ2v) is 8.00. The molecule has 9 heteroatoms. The van der Waals surface area contributed by atoms with E-state index in [0.29, 0.717) is 30.3 Å². The van der Waals surface area contributed by atoms with Crippen LogP contribution in [0.15, 0.2) is 12.1 Å². The molecule has 2 rings (SSSR count). The lowest BCUT2D eigenvalue weighted by molar-refractivity contribution is -0.130. The molecule has 0 radical (unpaired) electrons. The van der Waals surface area contributed by atoms with Crippen LogP contribution in [0.25, 0.3) is 0 Å². The van der Waals surface area contributed by atoms with Crippen molar-refractivity contribution in [3.05, 3.63) is 12.1 Å². The maximum absolute atomic E-state index is 12.6. The smallest absolute Gasteiger partial charge is 0.243 e. The van der Waals surface area contributed by atoms with Crippen molar-refractivity contribution in [3.8, 4) is 17.2 Å². The number of piperidine rings is 1. The standard InChI is InChI=1S/C17H26N2O6S/c1-23-14-10-13(11-15(24-2)17(14)25-3)19(26(4,21)22)12-16(20)18-8-6-5-7-9-18/h10-11H,5-9,12H2,1-4H3. The molecule has 1 aliphatic heterocycles. The minimum absolute atomic E-state index is 0.219. The number of carbonyl (C=O) groups excluding carboxylic acids is 1. The van der Waals surface area contributed by atoms with Crippen molar-refractivity contribution in [3.63, 3.8) is 0 Å². The third-order valence-electron chi connectivity index (χ3n) is 4.33. The normalized spacial score (nSPS) is 14.7. The number of amides is 1. The zero-order chi connectivity index (χ0) is 19.3. The number of rotatable bonds is 7. The summed E-state index contributed by atoms with van der Waals surface area (Å²) in [5.74, 6) is 0.778. The highest BCUT2D eigenvalue weighted by molar-refractivity contribution is 7.92. The summed E-state index contributed by atoms with van der Waals surface area (Å²) >= 11 is 0. The van der Waals surface area contributed by atoms with Gasteiger partial charge in [-0.1, -0.05) is 0 Å². The van der Waals surface area contributed by atoms with E-state index in [1.165, 1.54) is 33.5 Å². The van der Waals surface area contributed by atoms with E-state index in [2.05, 4.69) is 0 Å². The van der Waals surface area contributed by atoms with Crippen molar-refractivity contribution in [2.24, 2.45) is 0 Å². The number of sulfonamides is 1. The molecule has 1 aromatic rings. The first-order valence-electron chi connectivity index (χ1n) is 8.37. The minimum atomic E-state index is -3.69. The Morgan fingerprint density at radius 1 is 1.04 bits per heavy atom. The van der Waals surface area contributed by atoms with E-state index < -0.39 is 10.0 Å². The van der Waals surface area contributed by atoms with Gasteiger partial charge in [-0.05, 0) is 19.3 Å². The molecule has 146 valence electrons. The van der Waals surface area contributed by atoms with Crippen molar-refractivity contribution in [2.75, 3.05) is 51.5 Å². The summed E-state index contributed by atoms with van der Waals surface area (Å²) in [6.45, 7) is 1.05. The largest absolute Gasteiger partial charge is 0.493 e. The van der Waals surface area contributed by atoms with E-state index in [-0.39, 0.29) is 18.1 Å². The fourth-order valence-corrected chi connectivity index (χ4v) is 3.81. The fourth-order valence-electron chi connectivity index (χ4n) is 2.98. The maximum atomic E-state index is 12.6. The van der Waals surface area contributed by atoms with Crippen LogP contribution < -0.4 is 18.5 Å². The van der Waals surface area contributed by atoms with Gasteiger partial charge >= 0.3 is 0 Å². The predicted molar refractivity (Wildman–Crippen MR) is 98.7 cm³/mol. The Bertz CT molecular complexity index is 719. The first-order valence-corrected chi connectivity index (χ1v) is 10.2. The zero-order valence-electron chi connectivity index (χ0n) is 15.6. The number of hydrogen-bond acceptors (Lipinski definition) is 6. The first-order chi connectivity index (χ1) is 12.3.